The molecule has 3 N–H and O–H groups in total. The van der Waals surface area contributed by atoms with Crippen LogP contribution >= 0.6 is 15.9 Å². The molecule has 1 amide bonds. The Morgan fingerprint density at radius 2 is 1.90 bits per heavy atom. The van der Waals surface area contributed by atoms with Gasteiger partial charge in [-0.15, -0.1) is 0 Å². The summed E-state index contributed by atoms with van der Waals surface area (Å²) in [5.74, 6) is 0.405. The number of halogens is 1. The lowest BCUT2D eigenvalue weighted by Crippen LogP contribution is -2.36. The molecular weight excluding hydrogens is 444 g/mol. The molecule has 0 bridgehead atoms. The molecule has 1 unspecified atom stereocenters. The van der Waals surface area contributed by atoms with Crippen molar-refractivity contribution in [3.8, 4) is 0 Å². The van der Waals surface area contributed by atoms with Crippen LogP contribution in [0.4, 0.5) is 0 Å². The largest absolute Gasteiger partial charge is 0.330 e. The van der Waals surface area contributed by atoms with Crippen LogP contribution in [0.5, 0.6) is 0 Å². The summed E-state index contributed by atoms with van der Waals surface area (Å²) in [6.45, 7) is 3.16. The van der Waals surface area contributed by atoms with Crippen LogP contribution < -0.4 is 11.3 Å². The van der Waals surface area contributed by atoms with Crippen LogP contribution in [0.3, 0.4) is 0 Å². The number of unbranched alkanes of at least 4 members (excludes halogenated alkanes) is 3. The minimum atomic E-state index is -0.372. The molecular formula is C23H27BrN4O2. The number of carbonyl (C=O) groups is 1. The van der Waals surface area contributed by atoms with Crippen molar-refractivity contribution in [1.82, 2.24) is 14.9 Å². The Balaban J connectivity index is 1.90. The zero-order chi connectivity index (χ0) is 21.5. The fourth-order valence-corrected chi connectivity index (χ4v) is 3.89. The molecule has 2 aromatic carbocycles. The molecule has 0 aliphatic carbocycles. The second-order valence-corrected chi connectivity index (χ2v) is 8.27. The molecule has 158 valence electrons. The average Bonchev–Trinajstić information content (AvgIpc) is 2.75. The van der Waals surface area contributed by atoms with E-state index >= 15 is 0 Å². The number of hydrogen-bond donors (Lipinski definition) is 2. The Morgan fingerprint density at radius 3 is 2.67 bits per heavy atom. The number of carbonyl (C=O) groups excluding carboxylic acids is 1. The first-order valence-corrected chi connectivity index (χ1v) is 11.1. The molecule has 0 aliphatic heterocycles. The van der Waals surface area contributed by atoms with Gasteiger partial charge in [-0.05, 0) is 56.6 Å². The molecule has 7 heteroatoms. The third-order valence-corrected chi connectivity index (χ3v) is 5.67. The van der Waals surface area contributed by atoms with Crippen molar-refractivity contribution in [2.75, 3.05) is 13.1 Å². The number of aromatic amines is 1. The predicted molar refractivity (Wildman–Crippen MR) is 123 cm³/mol. The minimum absolute atomic E-state index is 0.0848. The predicted octanol–water partition coefficient (Wildman–Crippen LogP) is 4.41. The van der Waals surface area contributed by atoms with Gasteiger partial charge in [-0.2, -0.15) is 0 Å². The summed E-state index contributed by atoms with van der Waals surface area (Å²) < 4.78 is 0.848. The Labute approximate surface area is 184 Å². The highest BCUT2D eigenvalue weighted by molar-refractivity contribution is 9.10. The van der Waals surface area contributed by atoms with Crippen LogP contribution in [-0.4, -0.2) is 33.9 Å². The molecule has 0 radical (unpaired) electrons. The second-order valence-electron chi connectivity index (χ2n) is 7.36. The molecule has 0 saturated carbocycles. The Morgan fingerprint density at radius 1 is 1.13 bits per heavy atom. The van der Waals surface area contributed by atoms with Crippen LogP contribution in [-0.2, 0) is 0 Å². The number of benzene rings is 2. The van der Waals surface area contributed by atoms with E-state index in [4.69, 9.17) is 5.73 Å². The maximum absolute atomic E-state index is 13.3. The van der Waals surface area contributed by atoms with E-state index in [0.717, 1.165) is 30.2 Å². The minimum Gasteiger partial charge on any atom is -0.330 e. The SMILES string of the molecule is CC(c1nc2ccccc2c(=O)[nH]1)N(CCCCCCN)C(=O)c1cccc(Br)c1. The van der Waals surface area contributed by atoms with Gasteiger partial charge in [0, 0.05) is 16.6 Å². The van der Waals surface area contributed by atoms with Crippen molar-refractivity contribution in [1.29, 1.82) is 0 Å². The molecule has 0 saturated heterocycles. The van der Waals surface area contributed by atoms with Crippen molar-refractivity contribution < 1.29 is 4.79 Å². The monoisotopic (exact) mass is 470 g/mol. The van der Waals surface area contributed by atoms with Crippen molar-refractivity contribution in [3.05, 3.63) is 74.7 Å². The number of nitrogens with one attached hydrogen (secondary N) is 1. The van der Waals surface area contributed by atoms with Gasteiger partial charge in [0.05, 0.1) is 16.9 Å². The maximum Gasteiger partial charge on any atom is 0.258 e. The first kappa shape index (κ1) is 22.2. The highest BCUT2D eigenvalue weighted by Crippen LogP contribution is 2.23. The number of aromatic nitrogens is 2. The number of hydrogen-bond acceptors (Lipinski definition) is 4. The van der Waals surface area contributed by atoms with Crippen LogP contribution in [0.1, 0.15) is 54.8 Å². The number of para-hydroxylation sites is 1. The van der Waals surface area contributed by atoms with Gasteiger partial charge in [0.25, 0.3) is 11.5 Å². The van der Waals surface area contributed by atoms with Gasteiger partial charge >= 0.3 is 0 Å². The van der Waals surface area contributed by atoms with Gasteiger partial charge in [-0.1, -0.05) is 47.0 Å². The van der Waals surface area contributed by atoms with E-state index in [2.05, 4.69) is 25.9 Å². The number of nitrogens with zero attached hydrogens (tertiary/aromatic N) is 2. The van der Waals surface area contributed by atoms with Crippen LogP contribution in [0.25, 0.3) is 10.9 Å². The molecule has 0 spiro atoms. The number of nitrogens with two attached hydrogens (primary N) is 1. The lowest BCUT2D eigenvalue weighted by atomic mass is 10.1. The molecule has 0 fully saturated rings. The molecule has 30 heavy (non-hydrogen) atoms. The Bertz CT molecular complexity index is 1070. The molecule has 1 heterocycles. The lowest BCUT2D eigenvalue weighted by molar-refractivity contribution is 0.0679. The third-order valence-electron chi connectivity index (χ3n) is 5.18. The van der Waals surface area contributed by atoms with Crippen molar-refractivity contribution in [2.45, 2.75) is 38.6 Å². The first-order valence-electron chi connectivity index (χ1n) is 10.3. The molecule has 3 aromatic rings. The van der Waals surface area contributed by atoms with Gasteiger partial charge in [0.15, 0.2) is 0 Å². The maximum atomic E-state index is 13.3. The van der Waals surface area contributed by atoms with Gasteiger partial charge in [-0.3, -0.25) is 9.59 Å². The second kappa shape index (κ2) is 10.5. The summed E-state index contributed by atoms with van der Waals surface area (Å²) in [5, 5.41) is 0.542. The zero-order valence-corrected chi connectivity index (χ0v) is 18.7. The Kier molecular flexibility index (Phi) is 7.76. The summed E-state index contributed by atoms with van der Waals surface area (Å²) in [6.07, 6.45) is 3.87. The normalized spacial score (nSPS) is 12.1. The van der Waals surface area contributed by atoms with Crippen LogP contribution in [0, 0.1) is 0 Å². The van der Waals surface area contributed by atoms with Crippen LogP contribution in [0.15, 0.2) is 57.8 Å². The molecule has 1 aromatic heterocycles. The quantitative estimate of drug-likeness (QED) is 0.453. The number of H-pyrrole nitrogens is 1. The average molecular weight is 471 g/mol. The van der Waals surface area contributed by atoms with Crippen molar-refractivity contribution in [2.24, 2.45) is 5.73 Å². The smallest absolute Gasteiger partial charge is 0.258 e. The molecule has 1 atom stereocenters. The fourth-order valence-electron chi connectivity index (χ4n) is 3.49. The highest BCUT2D eigenvalue weighted by Gasteiger charge is 2.24. The van der Waals surface area contributed by atoms with E-state index in [1.54, 1.807) is 17.0 Å². The number of rotatable bonds is 9. The number of fused-ring (bicyclic) bond motifs is 1. The molecule has 0 aliphatic rings. The summed E-state index contributed by atoms with van der Waals surface area (Å²) >= 11 is 3.44. The number of amides is 1. The first-order chi connectivity index (χ1) is 14.5. The molecule has 3 rings (SSSR count). The van der Waals surface area contributed by atoms with Gasteiger partial charge in [0.1, 0.15) is 5.82 Å². The van der Waals surface area contributed by atoms with Crippen molar-refractivity contribution >= 4 is 32.7 Å². The van der Waals surface area contributed by atoms with Gasteiger partial charge in [-0.25, -0.2) is 4.98 Å². The van der Waals surface area contributed by atoms with E-state index in [9.17, 15) is 9.59 Å². The van der Waals surface area contributed by atoms with Crippen LogP contribution in [0.2, 0.25) is 0 Å². The molecule has 6 nitrogen and oxygen atoms in total. The van der Waals surface area contributed by atoms with Gasteiger partial charge < -0.3 is 15.6 Å². The van der Waals surface area contributed by atoms with Crippen molar-refractivity contribution in [3.63, 3.8) is 0 Å². The van der Waals surface area contributed by atoms with E-state index in [0.29, 0.717) is 35.4 Å². The van der Waals surface area contributed by atoms with E-state index in [1.807, 2.05) is 43.3 Å². The van der Waals surface area contributed by atoms with E-state index in [-0.39, 0.29) is 17.5 Å². The third kappa shape index (κ3) is 5.34. The van der Waals surface area contributed by atoms with E-state index in [1.165, 1.54) is 0 Å². The fraction of sp³-hybridized carbons (Fsp3) is 0.348. The lowest BCUT2D eigenvalue weighted by Gasteiger charge is -2.29. The van der Waals surface area contributed by atoms with E-state index < -0.39 is 0 Å². The Hall–Kier alpha value is -2.51. The summed E-state index contributed by atoms with van der Waals surface area (Å²) in [5.41, 5.74) is 6.61. The van der Waals surface area contributed by atoms with Gasteiger partial charge in [0.2, 0.25) is 0 Å². The topological polar surface area (TPSA) is 92.1 Å². The summed E-state index contributed by atoms with van der Waals surface area (Å²) in [6, 6.07) is 14.2. The summed E-state index contributed by atoms with van der Waals surface area (Å²) in [4.78, 5) is 35.2. The zero-order valence-electron chi connectivity index (χ0n) is 17.1. The summed E-state index contributed by atoms with van der Waals surface area (Å²) in [7, 11) is 0. The standard InChI is InChI=1S/C23H27BrN4O2/c1-16(21-26-20-12-5-4-11-19(20)22(29)27-21)28(14-7-3-2-6-13-25)23(30)17-9-8-10-18(24)15-17/h4-5,8-12,15-16H,2-3,6-7,13-14,25H2,1H3,(H,26,27,29). The highest BCUT2D eigenvalue weighted by atomic mass is 79.9.